The number of ketones is 1. The Labute approximate surface area is 313 Å². The lowest BCUT2D eigenvalue weighted by atomic mass is 9.34. The molecule has 292 valence electrons. The third-order valence-corrected chi connectivity index (χ3v) is 16.8. The van der Waals surface area contributed by atoms with Crippen molar-refractivity contribution in [3.8, 4) is 0 Å². The molecule has 3 unspecified atom stereocenters. The Morgan fingerprint density at radius 1 is 0.885 bits per heavy atom. The quantitative estimate of drug-likeness (QED) is 0.170. The summed E-state index contributed by atoms with van der Waals surface area (Å²) in [6.07, 6.45) is 13.7. The van der Waals surface area contributed by atoms with E-state index < -0.39 is 22.9 Å². The number of rotatable bonds is 8. The van der Waals surface area contributed by atoms with Gasteiger partial charge >= 0.3 is 18.0 Å². The fourth-order valence-corrected chi connectivity index (χ4v) is 13.7. The predicted octanol–water partition coefficient (Wildman–Crippen LogP) is 9.40. The average molecular weight is 723 g/mol. The van der Waals surface area contributed by atoms with E-state index in [4.69, 9.17) is 4.74 Å². The summed E-state index contributed by atoms with van der Waals surface area (Å²) in [6.45, 7) is 21.8. The molecule has 0 saturated heterocycles. The van der Waals surface area contributed by atoms with Gasteiger partial charge in [0, 0.05) is 23.8 Å². The fraction of sp³-hybridized carbons (Fsp3) is 0.864. The SMILES string of the molecule is CC(C)C1C(=O)C[C@]2(NC(=O)N[C@@H](C)C3CCCCC3)CC[C@]3(C)C(=C12)CCC1[C@@]2(C)CC[C@H](OC(=O)CC(C)(C)C(=O)O)C(C)(C)C2CC[C@]13C. The molecule has 0 bridgehead atoms. The van der Waals surface area contributed by atoms with Crippen LogP contribution in [-0.2, 0) is 19.1 Å². The first-order valence-electron chi connectivity index (χ1n) is 20.9. The third-order valence-electron chi connectivity index (χ3n) is 16.8. The zero-order chi connectivity index (χ0) is 38.2. The first-order chi connectivity index (χ1) is 24.1. The van der Waals surface area contributed by atoms with Crippen LogP contribution in [0.3, 0.4) is 0 Å². The van der Waals surface area contributed by atoms with Crippen LogP contribution in [-0.4, -0.2) is 46.5 Å². The van der Waals surface area contributed by atoms with Crippen molar-refractivity contribution in [2.24, 2.45) is 56.7 Å². The molecule has 6 aliphatic rings. The van der Waals surface area contributed by atoms with Crippen LogP contribution in [0.2, 0.25) is 0 Å². The van der Waals surface area contributed by atoms with Gasteiger partial charge in [-0.1, -0.05) is 73.3 Å². The minimum absolute atomic E-state index is 0.0288. The summed E-state index contributed by atoms with van der Waals surface area (Å²) in [6, 6.07) is 0.000464. The van der Waals surface area contributed by atoms with Crippen LogP contribution in [0.15, 0.2) is 11.1 Å². The van der Waals surface area contributed by atoms with E-state index in [1.165, 1.54) is 43.3 Å². The van der Waals surface area contributed by atoms with E-state index in [-0.39, 0.29) is 63.9 Å². The van der Waals surface area contributed by atoms with E-state index in [2.05, 4.69) is 66.0 Å². The van der Waals surface area contributed by atoms with Gasteiger partial charge < -0.3 is 20.5 Å². The van der Waals surface area contributed by atoms with Gasteiger partial charge in [-0.3, -0.25) is 14.4 Å². The highest BCUT2D eigenvalue weighted by atomic mass is 16.5. The highest BCUT2D eigenvalue weighted by molar-refractivity contribution is 5.92. The lowest BCUT2D eigenvalue weighted by molar-refractivity contribution is -0.214. The van der Waals surface area contributed by atoms with E-state index >= 15 is 0 Å². The van der Waals surface area contributed by atoms with Crippen molar-refractivity contribution in [3.05, 3.63) is 11.1 Å². The molecular formula is C44H70N2O6. The first-order valence-corrected chi connectivity index (χ1v) is 20.9. The summed E-state index contributed by atoms with van der Waals surface area (Å²) in [5, 5.41) is 16.5. The highest BCUT2D eigenvalue weighted by Gasteiger charge is 2.69. The molecule has 0 spiro atoms. The standard InChI is InChI=1S/C44H70N2O6/c1-26(2)35-30(47)24-44(46-38(51)45-27(3)28-14-12-11-13-15-28)23-22-42(9)29(36(35)44)16-17-32-41(8)20-19-33(52-34(48)25-39(4,5)37(49)50)40(6,7)31(41)18-21-43(32,42)10/h26-28,31-33,35H,11-25H2,1-10H3,(H,49,50)(H2,45,46,51)/t27-,31?,32?,33-,35?,41-,42+,43+,44+/m0/s1. The van der Waals surface area contributed by atoms with E-state index in [1.807, 2.05) is 0 Å². The van der Waals surface area contributed by atoms with Gasteiger partial charge in [0.25, 0.3) is 0 Å². The van der Waals surface area contributed by atoms with Crippen LogP contribution in [0.1, 0.15) is 166 Å². The zero-order valence-electron chi connectivity index (χ0n) is 34.1. The second-order valence-electron chi connectivity index (χ2n) is 20.8. The van der Waals surface area contributed by atoms with E-state index in [1.54, 1.807) is 13.8 Å². The minimum atomic E-state index is -1.16. The third kappa shape index (κ3) is 6.16. The molecule has 5 saturated carbocycles. The summed E-state index contributed by atoms with van der Waals surface area (Å²) in [5.74, 6) is 0.245. The maximum Gasteiger partial charge on any atom is 0.315 e. The number of esters is 1. The second-order valence-corrected chi connectivity index (χ2v) is 20.8. The number of carbonyl (C=O) groups is 4. The van der Waals surface area contributed by atoms with Crippen molar-refractivity contribution in [1.82, 2.24) is 10.6 Å². The molecule has 3 N–H and O–H groups in total. The largest absolute Gasteiger partial charge is 0.481 e. The van der Waals surface area contributed by atoms with Crippen LogP contribution in [0.25, 0.3) is 0 Å². The van der Waals surface area contributed by atoms with Gasteiger partial charge in [0.05, 0.1) is 17.4 Å². The number of fused-ring (bicyclic) bond motifs is 6. The molecule has 8 heteroatoms. The number of Topliss-reactive ketones (excluding diaryl/α,β-unsaturated/α-hetero) is 1. The van der Waals surface area contributed by atoms with Crippen LogP contribution >= 0.6 is 0 Å². The van der Waals surface area contributed by atoms with Gasteiger partial charge in [-0.15, -0.1) is 0 Å². The number of hydrogen-bond donors (Lipinski definition) is 3. The Balaban J connectivity index is 1.28. The van der Waals surface area contributed by atoms with Crippen molar-refractivity contribution >= 4 is 23.8 Å². The molecular weight excluding hydrogens is 652 g/mol. The van der Waals surface area contributed by atoms with Crippen LogP contribution in [0.5, 0.6) is 0 Å². The van der Waals surface area contributed by atoms with Crippen LogP contribution in [0.4, 0.5) is 4.79 Å². The number of carboxylic acids is 1. The van der Waals surface area contributed by atoms with Crippen molar-refractivity contribution in [1.29, 1.82) is 0 Å². The average Bonchev–Trinajstić information content (AvgIpc) is 3.34. The predicted molar refractivity (Wildman–Crippen MR) is 203 cm³/mol. The molecule has 2 amide bonds. The monoisotopic (exact) mass is 723 g/mol. The molecule has 9 atom stereocenters. The van der Waals surface area contributed by atoms with Crippen molar-refractivity contribution in [3.63, 3.8) is 0 Å². The number of ether oxygens (including phenoxy) is 1. The molecule has 0 aromatic carbocycles. The Hall–Kier alpha value is -2.38. The Morgan fingerprint density at radius 3 is 2.19 bits per heavy atom. The molecule has 0 aromatic rings. The van der Waals surface area contributed by atoms with Crippen LogP contribution < -0.4 is 10.6 Å². The molecule has 0 heterocycles. The molecule has 0 aliphatic heterocycles. The summed E-state index contributed by atoms with van der Waals surface area (Å²) in [7, 11) is 0. The summed E-state index contributed by atoms with van der Waals surface area (Å²) >= 11 is 0. The van der Waals surface area contributed by atoms with Gasteiger partial charge in [0.15, 0.2) is 0 Å². The first kappa shape index (κ1) is 39.3. The van der Waals surface area contributed by atoms with E-state index in [0.717, 1.165) is 51.4 Å². The Morgan fingerprint density at radius 2 is 1.56 bits per heavy atom. The molecule has 6 rings (SSSR count). The van der Waals surface area contributed by atoms with Gasteiger partial charge in [0.2, 0.25) is 0 Å². The molecule has 6 aliphatic carbocycles. The summed E-state index contributed by atoms with van der Waals surface area (Å²) < 4.78 is 6.16. The molecule has 8 nitrogen and oxygen atoms in total. The van der Waals surface area contributed by atoms with Gasteiger partial charge in [-0.2, -0.15) is 0 Å². The maximum absolute atomic E-state index is 14.0. The smallest absolute Gasteiger partial charge is 0.315 e. The van der Waals surface area contributed by atoms with Gasteiger partial charge in [-0.25, -0.2) is 4.79 Å². The topological polar surface area (TPSA) is 122 Å². The molecule has 5 fully saturated rings. The fourth-order valence-electron chi connectivity index (χ4n) is 13.7. The zero-order valence-corrected chi connectivity index (χ0v) is 34.1. The van der Waals surface area contributed by atoms with E-state index in [0.29, 0.717) is 24.2 Å². The number of aliphatic carboxylic acids is 1. The Bertz CT molecular complexity index is 1490. The van der Waals surface area contributed by atoms with Gasteiger partial charge in [0.1, 0.15) is 11.9 Å². The van der Waals surface area contributed by atoms with Crippen LogP contribution in [0, 0.1) is 56.7 Å². The maximum atomic E-state index is 14.0. The number of nitrogens with one attached hydrogen (secondary N) is 2. The number of urea groups is 1. The van der Waals surface area contributed by atoms with Gasteiger partial charge in [-0.05, 0) is 130 Å². The number of carboxylic acid groups (broad SMARTS) is 1. The number of allylic oxidation sites excluding steroid dienone is 1. The molecule has 0 aromatic heterocycles. The number of hydrogen-bond acceptors (Lipinski definition) is 5. The normalized spacial score (nSPS) is 39.5. The van der Waals surface area contributed by atoms with E-state index in [9.17, 15) is 24.3 Å². The molecule has 0 radical (unpaired) electrons. The summed E-state index contributed by atoms with van der Waals surface area (Å²) in [5.41, 5.74) is 0.714. The van der Waals surface area contributed by atoms with Crippen molar-refractivity contribution in [2.75, 3.05) is 0 Å². The van der Waals surface area contributed by atoms with Crippen molar-refractivity contribution < 1.29 is 29.0 Å². The summed E-state index contributed by atoms with van der Waals surface area (Å²) in [4.78, 5) is 52.7. The second kappa shape index (κ2) is 13.4. The lowest BCUT2D eigenvalue weighted by Gasteiger charge is -2.70. The number of carbonyl (C=O) groups excluding carboxylic acids is 3. The Kier molecular flexibility index (Phi) is 10.2. The molecule has 52 heavy (non-hydrogen) atoms. The van der Waals surface area contributed by atoms with Crippen molar-refractivity contribution in [2.45, 2.75) is 183 Å². The highest BCUT2D eigenvalue weighted by Crippen LogP contribution is 2.75. The lowest BCUT2D eigenvalue weighted by Crippen LogP contribution is -2.65. The minimum Gasteiger partial charge on any atom is -0.481 e. The number of amides is 2.